The molecule has 1 saturated carbocycles. The summed E-state index contributed by atoms with van der Waals surface area (Å²) < 4.78 is 0. The van der Waals surface area contributed by atoms with Gasteiger partial charge in [-0.3, -0.25) is 4.90 Å². The Morgan fingerprint density at radius 2 is 1.59 bits per heavy atom. The first-order chi connectivity index (χ1) is 10.6. The van der Waals surface area contributed by atoms with E-state index in [0.29, 0.717) is 0 Å². The molecule has 3 aliphatic rings. The quantitative estimate of drug-likeness (QED) is 0.747. The Labute approximate surface area is 138 Å². The molecule has 1 aliphatic carbocycles. The molecule has 128 valence electrons. The van der Waals surface area contributed by atoms with E-state index in [4.69, 9.17) is 0 Å². The lowest BCUT2D eigenvalue weighted by Gasteiger charge is -2.44. The Balaban J connectivity index is 1.39. The van der Waals surface area contributed by atoms with Crippen molar-refractivity contribution in [1.29, 1.82) is 0 Å². The van der Waals surface area contributed by atoms with Gasteiger partial charge in [-0.15, -0.1) is 0 Å². The van der Waals surface area contributed by atoms with Gasteiger partial charge in [0.15, 0.2) is 0 Å². The highest BCUT2D eigenvalue weighted by atomic mass is 15.3. The first-order valence-electron chi connectivity index (χ1n) is 9.82. The van der Waals surface area contributed by atoms with Gasteiger partial charge in [0, 0.05) is 44.8 Å². The molecule has 0 atom stereocenters. The highest BCUT2D eigenvalue weighted by molar-refractivity contribution is 4.96. The molecule has 0 aromatic carbocycles. The van der Waals surface area contributed by atoms with Crippen molar-refractivity contribution >= 4 is 0 Å². The van der Waals surface area contributed by atoms with E-state index in [1.165, 1.54) is 84.3 Å². The van der Waals surface area contributed by atoms with Crippen molar-refractivity contribution in [2.75, 3.05) is 45.8 Å². The highest BCUT2D eigenvalue weighted by Crippen LogP contribution is 2.50. The van der Waals surface area contributed by atoms with E-state index in [1.807, 2.05) is 0 Å². The van der Waals surface area contributed by atoms with Crippen LogP contribution in [0.25, 0.3) is 0 Å². The minimum absolute atomic E-state index is 0.728. The fraction of sp³-hybridized carbons (Fsp3) is 1.00. The minimum Gasteiger partial charge on any atom is -0.301 e. The van der Waals surface area contributed by atoms with Gasteiger partial charge >= 0.3 is 0 Å². The smallest absolute Gasteiger partial charge is 0.0121 e. The van der Waals surface area contributed by atoms with Crippen LogP contribution in [0.5, 0.6) is 0 Å². The molecule has 0 radical (unpaired) electrons. The molecule has 2 aliphatic heterocycles. The first-order valence-corrected chi connectivity index (χ1v) is 9.82. The molecule has 0 amide bonds. The predicted molar refractivity (Wildman–Crippen MR) is 94.3 cm³/mol. The van der Waals surface area contributed by atoms with Gasteiger partial charge in [0.2, 0.25) is 0 Å². The van der Waals surface area contributed by atoms with Crippen molar-refractivity contribution in [1.82, 2.24) is 14.7 Å². The van der Waals surface area contributed by atoms with Gasteiger partial charge in [-0.2, -0.15) is 0 Å². The number of nitrogens with zero attached hydrogens (tertiary/aromatic N) is 3. The molecule has 0 aromatic heterocycles. The number of hydrogen-bond acceptors (Lipinski definition) is 3. The number of piperazine rings is 1. The second kappa shape index (κ2) is 7.19. The summed E-state index contributed by atoms with van der Waals surface area (Å²) in [5, 5.41) is 0. The van der Waals surface area contributed by atoms with Gasteiger partial charge in [-0.05, 0) is 64.5 Å². The molecule has 3 rings (SSSR count). The van der Waals surface area contributed by atoms with Crippen LogP contribution in [0.3, 0.4) is 0 Å². The fourth-order valence-corrected chi connectivity index (χ4v) is 4.72. The van der Waals surface area contributed by atoms with Crippen LogP contribution in [0, 0.1) is 5.41 Å². The van der Waals surface area contributed by atoms with E-state index in [-0.39, 0.29) is 0 Å². The zero-order chi connectivity index (χ0) is 15.6. The minimum atomic E-state index is 0.728. The average Bonchev–Trinajstić information content (AvgIpc) is 3.28. The fourth-order valence-electron chi connectivity index (χ4n) is 4.72. The molecule has 22 heavy (non-hydrogen) atoms. The topological polar surface area (TPSA) is 9.72 Å². The van der Waals surface area contributed by atoms with E-state index >= 15 is 0 Å². The molecule has 3 nitrogen and oxygen atoms in total. The van der Waals surface area contributed by atoms with Crippen LogP contribution in [-0.2, 0) is 0 Å². The normalized spacial score (nSPS) is 28.4. The third-order valence-electron chi connectivity index (χ3n) is 6.45. The number of piperidine rings is 1. The van der Waals surface area contributed by atoms with Crippen molar-refractivity contribution in [3.8, 4) is 0 Å². The SMILES string of the molecule is CCCC1(CN2CCN(C3CCN(C(C)C)CC3)CC2)CC1. The van der Waals surface area contributed by atoms with Crippen molar-refractivity contribution in [2.24, 2.45) is 5.41 Å². The molecule has 0 N–H and O–H groups in total. The molecule has 0 unspecified atom stereocenters. The summed E-state index contributed by atoms with van der Waals surface area (Å²) in [5.41, 5.74) is 0.736. The number of likely N-dealkylation sites (tertiary alicyclic amines) is 1. The van der Waals surface area contributed by atoms with Gasteiger partial charge in [0.05, 0.1) is 0 Å². The third kappa shape index (κ3) is 4.04. The van der Waals surface area contributed by atoms with Crippen LogP contribution < -0.4 is 0 Å². The molecular weight excluding hydrogens is 270 g/mol. The Bertz CT molecular complexity index is 335. The summed E-state index contributed by atoms with van der Waals surface area (Å²) in [6.07, 6.45) is 8.59. The van der Waals surface area contributed by atoms with E-state index in [2.05, 4.69) is 35.5 Å². The van der Waals surface area contributed by atoms with Gasteiger partial charge in [0.1, 0.15) is 0 Å². The molecule has 2 saturated heterocycles. The van der Waals surface area contributed by atoms with Gasteiger partial charge in [-0.25, -0.2) is 0 Å². The Morgan fingerprint density at radius 3 is 2.09 bits per heavy atom. The summed E-state index contributed by atoms with van der Waals surface area (Å²) in [5.74, 6) is 0. The third-order valence-corrected chi connectivity index (χ3v) is 6.45. The first kappa shape index (κ1) is 16.7. The Morgan fingerprint density at radius 1 is 0.955 bits per heavy atom. The van der Waals surface area contributed by atoms with Crippen LogP contribution in [-0.4, -0.2) is 72.6 Å². The second-order valence-electron chi connectivity index (χ2n) is 8.42. The number of hydrogen-bond donors (Lipinski definition) is 0. The molecule has 2 heterocycles. The molecule has 0 aromatic rings. The van der Waals surface area contributed by atoms with E-state index in [0.717, 1.165) is 17.5 Å². The average molecular weight is 308 g/mol. The van der Waals surface area contributed by atoms with Crippen molar-refractivity contribution in [2.45, 2.75) is 71.4 Å². The zero-order valence-electron chi connectivity index (χ0n) is 15.2. The Kier molecular flexibility index (Phi) is 5.47. The van der Waals surface area contributed by atoms with E-state index in [9.17, 15) is 0 Å². The molecule has 3 fully saturated rings. The lowest BCUT2D eigenvalue weighted by atomic mass is 9.98. The van der Waals surface area contributed by atoms with Gasteiger partial charge < -0.3 is 9.80 Å². The van der Waals surface area contributed by atoms with Crippen LogP contribution in [0.4, 0.5) is 0 Å². The summed E-state index contributed by atoms with van der Waals surface area (Å²) in [4.78, 5) is 8.21. The zero-order valence-corrected chi connectivity index (χ0v) is 15.2. The van der Waals surface area contributed by atoms with Crippen molar-refractivity contribution in [3.63, 3.8) is 0 Å². The maximum atomic E-state index is 2.80. The standard InChI is InChI=1S/C19H37N3/c1-4-7-19(8-9-19)16-20-12-14-22(15-13-20)18-5-10-21(11-6-18)17(2)3/h17-18H,4-16H2,1-3H3. The summed E-state index contributed by atoms with van der Waals surface area (Å²) in [7, 11) is 0. The molecule has 0 bridgehead atoms. The predicted octanol–water partition coefficient (Wildman–Crippen LogP) is 3.06. The maximum Gasteiger partial charge on any atom is 0.0121 e. The number of rotatable bonds is 6. The van der Waals surface area contributed by atoms with Crippen molar-refractivity contribution < 1.29 is 0 Å². The van der Waals surface area contributed by atoms with Crippen LogP contribution in [0.1, 0.15) is 59.3 Å². The lowest BCUT2D eigenvalue weighted by molar-refractivity contribution is 0.0449. The largest absolute Gasteiger partial charge is 0.301 e. The van der Waals surface area contributed by atoms with Crippen LogP contribution in [0.2, 0.25) is 0 Å². The Hall–Kier alpha value is -0.120. The maximum absolute atomic E-state index is 2.80. The van der Waals surface area contributed by atoms with Crippen LogP contribution >= 0.6 is 0 Å². The van der Waals surface area contributed by atoms with E-state index < -0.39 is 0 Å². The molecular formula is C19H37N3. The highest BCUT2D eigenvalue weighted by Gasteiger charge is 2.43. The second-order valence-corrected chi connectivity index (χ2v) is 8.42. The monoisotopic (exact) mass is 307 g/mol. The van der Waals surface area contributed by atoms with E-state index in [1.54, 1.807) is 0 Å². The molecule has 0 spiro atoms. The molecule has 3 heteroatoms. The summed E-state index contributed by atoms with van der Waals surface area (Å²) in [6.45, 7) is 16.3. The summed E-state index contributed by atoms with van der Waals surface area (Å²) in [6, 6.07) is 1.59. The van der Waals surface area contributed by atoms with Gasteiger partial charge in [-0.1, -0.05) is 13.3 Å². The van der Waals surface area contributed by atoms with Crippen LogP contribution in [0.15, 0.2) is 0 Å². The van der Waals surface area contributed by atoms with Crippen molar-refractivity contribution in [3.05, 3.63) is 0 Å². The lowest BCUT2D eigenvalue weighted by Crippen LogP contribution is -2.54. The summed E-state index contributed by atoms with van der Waals surface area (Å²) >= 11 is 0. The van der Waals surface area contributed by atoms with Gasteiger partial charge in [0.25, 0.3) is 0 Å².